The number of hydrogen-bond donors (Lipinski definition) is 1. The van der Waals surface area contributed by atoms with Gasteiger partial charge in [0.15, 0.2) is 0 Å². The molecule has 1 aromatic carbocycles. The normalized spacial score (nSPS) is 22.7. The maximum atomic E-state index is 13.5. The molecule has 24 heavy (non-hydrogen) atoms. The highest BCUT2D eigenvalue weighted by molar-refractivity contribution is 6.05. The van der Waals surface area contributed by atoms with E-state index in [1.54, 1.807) is 0 Å². The highest BCUT2D eigenvalue weighted by atomic mass is 19.1. The van der Waals surface area contributed by atoms with Crippen molar-refractivity contribution in [2.45, 2.75) is 19.3 Å². The van der Waals surface area contributed by atoms with Crippen LogP contribution in [0.15, 0.2) is 30.4 Å². The number of nitrogens with one attached hydrogen (secondary N) is 1. The number of hydrogen-bond acceptors (Lipinski definition) is 3. The lowest BCUT2D eigenvalue weighted by Crippen LogP contribution is -2.34. The molecular weight excluding hydrogens is 318 g/mol. The molecule has 1 aromatic rings. The molecule has 0 saturated carbocycles. The van der Waals surface area contributed by atoms with Crippen molar-refractivity contribution in [2.24, 2.45) is 11.8 Å². The van der Waals surface area contributed by atoms with Gasteiger partial charge in [0, 0.05) is 19.0 Å². The predicted octanol–water partition coefficient (Wildman–Crippen LogP) is 2.24. The van der Waals surface area contributed by atoms with Gasteiger partial charge in [-0.25, -0.2) is 8.78 Å². The van der Waals surface area contributed by atoms with Crippen LogP contribution in [0.5, 0.6) is 0 Å². The van der Waals surface area contributed by atoms with Crippen LogP contribution in [0, 0.1) is 23.5 Å². The number of amides is 3. The summed E-state index contributed by atoms with van der Waals surface area (Å²) < 4.78 is 26.6. The van der Waals surface area contributed by atoms with E-state index in [4.69, 9.17) is 0 Å². The van der Waals surface area contributed by atoms with E-state index in [9.17, 15) is 23.2 Å². The Morgan fingerprint density at radius 2 is 1.75 bits per heavy atom. The van der Waals surface area contributed by atoms with Crippen LogP contribution in [0.25, 0.3) is 0 Å². The average molecular weight is 334 g/mol. The third-order valence-corrected chi connectivity index (χ3v) is 4.36. The molecular formula is C17H16F2N2O3. The minimum absolute atomic E-state index is 0.0621. The maximum absolute atomic E-state index is 13.5. The second kappa shape index (κ2) is 6.51. The molecule has 5 nitrogen and oxygen atoms in total. The Balaban J connectivity index is 1.59. The molecule has 1 heterocycles. The largest absolute Gasteiger partial charge is 0.323 e. The zero-order chi connectivity index (χ0) is 17.3. The number of carbonyl (C=O) groups is 3. The van der Waals surface area contributed by atoms with Crippen LogP contribution < -0.4 is 5.32 Å². The monoisotopic (exact) mass is 334 g/mol. The van der Waals surface area contributed by atoms with Crippen LogP contribution in [-0.2, 0) is 14.4 Å². The number of halogens is 2. The minimum atomic E-state index is -0.754. The number of allylic oxidation sites excluding steroid dienone is 2. The van der Waals surface area contributed by atoms with Gasteiger partial charge in [-0.1, -0.05) is 12.2 Å². The van der Waals surface area contributed by atoms with Gasteiger partial charge < -0.3 is 5.32 Å². The Morgan fingerprint density at radius 1 is 1.12 bits per heavy atom. The Labute approximate surface area is 137 Å². The van der Waals surface area contributed by atoms with E-state index in [0.29, 0.717) is 12.8 Å². The number of anilines is 1. The van der Waals surface area contributed by atoms with Crippen LogP contribution in [-0.4, -0.2) is 29.2 Å². The van der Waals surface area contributed by atoms with Crippen molar-refractivity contribution in [1.82, 2.24) is 4.90 Å². The summed E-state index contributed by atoms with van der Waals surface area (Å²) in [6.07, 6.45) is 4.67. The first-order valence-electron chi connectivity index (χ1n) is 7.72. The van der Waals surface area contributed by atoms with E-state index >= 15 is 0 Å². The number of fused-ring (bicyclic) bond motifs is 1. The van der Waals surface area contributed by atoms with Crippen LogP contribution in [0.1, 0.15) is 19.3 Å². The van der Waals surface area contributed by atoms with Crippen molar-refractivity contribution in [3.8, 4) is 0 Å². The van der Waals surface area contributed by atoms with Crippen LogP contribution >= 0.6 is 0 Å². The van der Waals surface area contributed by atoms with E-state index in [2.05, 4.69) is 5.32 Å². The lowest BCUT2D eigenvalue weighted by molar-refractivity contribution is -0.140. The third kappa shape index (κ3) is 3.06. The molecule has 1 aliphatic carbocycles. The smallest absolute Gasteiger partial charge is 0.233 e. The molecule has 0 radical (unpaired) electrons. The van der Waals surface area contributed by atoms with Crippen LogP contribution in [0.3, 0.4) is 0 Å². The maximum Gasteiger partial charge on any atom is 0.233 e. The topological polar surface area (TPSA) is 66.5 Å². The Kier molecular flexibility index (Phi) is 4.42. The fourth-order valence-corrected chi connectivity index (χ4v) is 3.11. The molecule has 2 atom stereocenters. The first kappa shape index (κ1) is 16.3. The first-order chi connectivity index (χ1) is 11.5. The fraction of sp³-hybridized carbons (Fsp3) is 0.353. The fourth-order valence-electron chi connectivity index (χ4n) is 3.11. The van der Waals surface area contributed by atoms with Gasteiger partial charge in [-0.15, -0.1) is 0 Å². The zero-order valence-corrected chi connectivity index (χ0v) is 12.8. The predicted molar refractivity (Wildman–Crippen MR) is 81.7 cm³/mol. The number of rotatable bonds is 4. The highest BCUT2D eigenvalue weighted by Gasteiger charge is 2.46. The van der Waals surface area contributed by atoms with Gasteiger partial charge in [0.2, 0.25) is 17.7 Å². The van der Waals surface area contributed by atoms with E-state index in [-0.39, 0.29) is 42.3 Å². The molecule has 0 aromatic heterocycles. The van der Waals surface area contributed by atoms with Gasteiger partial charge in [0.25, 0.3) is 0 Å². The number of carbonyl (C=O) groups excluding carboxylic acids is 3. The summed E-state index contributed by atoms with van der Waals surface area (Å²) in [5.74, 6) is -3.23. The molecule has 126 valence electrons. The van der Waals surface area contributed by atoms with Gasteiger partial charge in [-0.3, -0.25) is 19.3 Å². The third-order valence-electron chi connectivity index (χ3n) is 4.36. The van der Waals surface area contributed by atoms with E-state index in [1.807, 2.05) is 12.2 Å². The number of nitrogens with zero attached hydrogens (tertiary/aromatic N) is 1. The Morgan fingerprint density at radius 3 is 2.38 bits per heavy atom. The number of benzene rings is 1. The lowest BCUT2D eigenvalue weighted by Gasteiger charge is -2.14. The van der Waals surface area contributed by atoms with Gasteiger partial charge in [0.1, 0.15) is 11.6 Å². The molecule has 3 rings (SSSR count). The number of imide groups is 1. The molecule has 0 bridgehead atoms. The molecule has 2 aliphatic rings. The standard InChI is InChI=1S/C17H16F2N2O3/c18-10-5-6-13(19)14(9-10)20-15(22)7-8-21-16(23)11-3-1-2-4-12(11)17(21)24/h1-2,5-6,9,11-12H,3-4,7-8H2,(H,20,22)/t11-,12+. The second-order valence-electron chi connectivity index (χ2n) is 5.91. The summed E-state index contributed by atoms with van der Waals surface area (Å²) >= 11 is 0. The van der Waals surface area contributed by atoms with Crippen LogP contribution in [0.2, 0.25) is 0 Å². The van der Waals surface area contributed by atoms with E-state index in [1.165, 1.54) is 0 Å². The Bertz CT molecular complexity index is 707. The quantitative estimate of drug-likeness (QED) is 0.678. The summed E-state index contributed by atoms with van der Waals surface area (Å²) in [5, 5.41) is 2.25. The van der Waals surface area contributed by atoms with Crippen LogP contribution in [0.4, 0.5) is 14.5 Å². The van der Waals surface area contributed by atoms with Crippen molar-refractivity contribution in [3.05, 3.63) is 42.0 Å². The summed E-state index contributed by atoms with van der Waals surface area (Å²) in [5.41, 5.74) is -0.267. The van der Waals surface area contributed by atoms with Crippen molar-refractivity contribution in [1.29, 1.82) is 0 Å². The van der Waals surface area contributed by atoms with Gasteiger partial charge in [-0.2, -0.15) is 0 Å². The Hall–Kier alpha value is -2.57. The van der Waals surface area contributed by atoms with Gasteiger partial charge in [0.05, 0.1) is 17.5 Å². The zero-order valence-electron chi connectivity index (χ0n) is 12.8. The lowest BCUT2D eigenvalue weighted by atomic mass is 9.85. The summed E-state index contributed by atoms with van der Waals surface area (Å²) in [4.78, 5) is 37.5. The molecule has 3 amide bonds. The molecule has 0 spiro atoms. The van der Waals surface area contributed by atoms with Gasteiger partial charge >= 0.3 is 0 Å². The molecule has 1 fully saturated rings. The van der Waals surface area contributed by atoms with Crippen molar-refractivity contribution >= 4 is 23.4 Å². The molecule has 1 saturated heterocycles. The molecule has 7 heteroatoms. The van der Waals surface area contributed by atoms with E-state index in [0.717, 1.165) is 23.1 Å². The van der Waals surface area contributed by atoms with Crippen molar-refractivity contribution in [2.75, 3.05) is 11.9 Å². The van der Waals surface area contributed by atoms with Crippen molar-refractivity contribution < 1.29 is 23.2 Å². The van der Waals surface area contributed by atoms with Gasteiger partial charge in [-0.05, 0) is 25.0 Å². The summed E-state index contributed by atoms with van der Waals surface area (Å²) in [6.45, 7) is -0.0621. The molecule has 1 aliphatic heterocycles. The minimum Gasteiger partial charge on any atom is -0.323 e. The average Bonchev–Trinajstić information content (AvgIpc) is 2.81. The second-order valence-corrected chi connectivity index (χ2v) is 5.91. The van der Waals surface area contributed by atoms with E-state index < -0.39 is 17.5 Å². The van der Waals surface area contributed by atoms with Crippen molar-refractivity contribution in [3.63, 3.8) is 0 Å². The number of likely N-dealkylation sites (tertiary alicyclic amines) is 1. The molecule has 1 N–H and O–H groups in total. The summed E-state index contributed by atoms with van der Waals surface area (Å²) in [7, 11) is 0. The highest BCUT2D eigenvalue weighted by Crippen LogP contribution is 2.35. The first-order valence-corrected chi connectivity index (χ1v) is 7.72. The molecule has 0 unspecified atom stereocenters. The summed E-state index contributed by atoms with van der Waals surface area (Å²) in [6, 6.07) is 2.73. The SMILES string of the molecule is O=C(CCN1C(=O)[C@H]2CC=CC[C@H]2C1=O)Nc1cc(F)ccc1F.